The van der Waals surface area contributed by atoms with Crippen LogP contribution in [0.15, 0.2) is 59.5 Å². The van der Waals surface area contributed by atoms with Gasteiger partial charge in [-0.15, -0.1) is 0 Å². The van der Waals surface area contributed by atoms with Crippen LogP contribution in [0.3, 0.4) is 0 Å². The normalized spacial score (nSPS) is 16.5. The number of hydrogen-bond donors (Lipinski definition) is 1. The van der Waals surface area contributed by atoms with Crippen molar-refractivity contribution in [2.45, 2.75) is 39.6 Å². The minimum Gasteiger partial charge on any atom is -0.373 e. The fraction of sp³-hybridized carbons (Fsp3) is 0.333. The molecule has 8 heteroatoms. The fourth-order valence-corrected chi connectivity index (χ4v) is 3.96. The van der Waals surface area contributed by atoms with Crippen LogP contribution < -0.4 is 15.9 Å². The number of rotatable bonds is 7. The van der Waals surface area contributed by atoms with E-state index in [0.717, 1.165) is 5.56 Å². The summed E-state index contributed by atoms with van der Waals surface area (Å²) in [6, 6.07) is 13.6. The lowest BCUT2D eigenvalue weighted by Gasteiger charge is -2.20. The van der Waals surface area contributed by atoms with E-state index in [9.17, 15) is 9.59 Å². The summed E-state index contributed by atoms with van der Waals surface area (Å²) in [7, 11) is 0. The van der Waals surface area contributed by atoms with Gasteiger partial charge in [-0.3, -0.25) is 4.79 Å². The van der Waals surface area contributed by atoms with Crippen LogP contribution in [0.2, 0.25) is 0 Å². The molecule has 3 aromatic rings. The van der Waals surface area contributed by atoms with Crippen LogP contribution in [0.25, 0.3) is 10.9 Å². The molecule has 1 atom stereocenters. The predicted octanol–water partition coefficient (Wildman–Crippen LogP) is 4.03. The Balaban J connectivity index is 1.61. The van der Waals surface area contributed by atoms with Gasteiger partial charge in [-0.25, -0.2) is 19.6 Å². The van der Waals surface area contributed by atoms with Gasteiger partial charge in [0.25, 0.3) is 0 Å². The molecule has 2 aromatic carbocycles. The number of anilines is 1. The highest BCUT2D eigenvalue weighted by Gasteiger charge is 2.38. The number of carbonyl (C=O) groups excluding carboxylic acids is 1. The molecule has 2 heterocycles. The van der Waals surface area contributed by atoms with Gasteiger partial charge in [0.1, 0.15) is 17.7 Å². The summed E-state index contributed by atoms with van der Waals surface area (Å²) < 4.78 is 22.8. The van der Waals surface area contributed by atoms with E-state index in [-0.39, 0.29) is 35.2 Å². The molecule has 0 spiro atoms. The first-order chi connectivity index (χ1) is 15.4. The van der Waals surface area contributed by atoms with E-state index in [1.807, 2.05) is 55.7 Å². The first-order valence-electron chi connectivity index (χ1n) is 10.7. The number of carbonyl (C=O) groups is 1. The van der Waals surface area contributed by atoms with Gasteiger partial charge < -0.3 is 14.2 Å². The molecule has 1 N–H and O–H groups in total. The zero-order chi connectivity index (χ0) is 22.8. The molecular formula is C24H27FN4O3. The van der Waals surface area contributed by atoms with Crippen LogP contribution in [-0.4, -0.2) is 34.8 Å². The van der Waals surface area contributed by atoms with Crippen molar-refractivity contribution in [3.05, 3.63) is 76.3 Å². The molecule has 1 fully saturated rings. The maximum Gasteiger partial charge on any atom is 0.340 e. The largest absolute Gasteiger partial charge is 0.373 e. The second-order valence-corrected chi connectivity index (χ2v) is 8.05. The van der Waals surface area contributed by atoms with Crippen LogP contribution in [0.1, 0.15) is 32.4 Å². The number of benzene rings is 2. The summed E-state index contributed by atoms with van der Waals surface area (Å²) in [6.45, 7) is 6.91. The Kier molecular flexibility index (Phi) is 6.25. The lowest BCUT2D eigenvalue weighted by atomic mass is 10.1. The molecule has 7 nitrogen and oxygen atoms in total. The Morgan fingerprint density at radius 2 is 1.88 bits per heavy atom. The number of ether oxygens (including phenoxy) is 1. The van der Waals surface area contributed by atoms with Crippen LogP contribution in [0.4, 0.5) is 14.9 Å². The summed E-state index contributed by atoms with van der Waals surface area (Å²) in [4.78, 5) is 26.9. The van der Waals surface area contributed by atoms with Crippen LogP contribution in [0.5, 0.6) is 0 Å². The van der Waals surface area contributed by atoms with Crippen LogP contribution in [0, 0.1) is 5.82 Å². The quantitative estimate of drug-likeness (QED) is 0.605. The molecule has 1 saturated heterocycles. The number of likely N-dealkylation sites (N-methyl/N-ethyl adjacent to an activating group) is 1. The number of fused-ring (bicyclic) bond motifs is 1. The van der Waals surface area contributed by atoms with E-state index in [1.165, 1.54) is 17.1 Å². The smallest absolute Gasteiger partial charge is 0.340 e. The third kappa shape index (κ3) is 4.11. The maximum absolute atomic E-state index is 15.1. The molecule has 168 valence electrons. The van der Waals surface area contributed by atoms with E-state index in [2.05, 4.69) is 5.43 Å². The lowest BCUT2D eigenvalue weighted by molar-refractivity contribution is 0.0677. The highest BCUT2D eigenvalue weighted by Crippen LogP contribution is 2.28. The number of aromatic nitrogens is 1. The lowest BCUT2D eigenvalue weighted by Crippen LogP contribution is -2.41. The van der Waals surface area contributed by atoms with E-state index in [1.54, 1.807) is 17.2 Å². The van der Waals surface area contributed by atoms with Gasteiger partial charge >= 0.3 is 6.03 Å². The molecule has 1 aromatic heterocycles. The Morgan fingerprint density at radius 3 is 2.56 bits per heavy atom. The van der Waals surface area contributed by atoms with Crippen molar-refractivity contribution in [3.63, 3.8) is 0 Å². The van der Waals surface area contributed by atoms with Gasteiger partial charge in [0.15, 0.2) is 5.43 Å². The molecular weight excluding hydrogens is 411 g/mol. The summed E-state index contributed by atoms with van der Waals surface area (Å²) in [5, 5.41) is 1.49. The van der Waals surface area contributed by atoms with Crippen molar-refractivity contribution in [1.82, 2.24) is 14.9 Å². The number of hydrazine groups is 1. The standard InChI is InChI=1S/C24H27FN4O3/c1-4-27-23(15-32-14-17-8-6-5-7-9-17)26-29(24(27)31)21-13-20-18(12-19(21)25)22(30)10-11-28(20)16(2)3/h5-13,16,23,26H,4,14-15H2,1-3H3. The SMILES string of the molecule is CCN1C(=O)N(c2cc3c(cc2F)c(=O)ccn3C(C)C)NC1COCc1ccccc1. The van der Waals surface area contributed by atoms with Crippen LogP contribution in [-0.2, 0) is 11.3 Å². The highest BCUT2D eigenvalue weighted by molar-refractivity contribution is 5.96. The zero-order valence-corrected chi connectivity index (χ0v) is 18.4. The molecule has 4 rings (SSSR count). The Hall–Kier alpha value is -3.23. The predicted molar refractivity (Wildman–Crippen MR) is 122 cm³/mol. The first-order valence-corrected chi connectivity index (χ1v) is 10.7. The maximum atomic E-state index is 15.1. The van der Waals surface area contributed by atoms with E-state index in [4.69, 9.17) is 4.74 Å². The average Bonchev–Trinajstić information content (AvgIpc) is 3.09. The molecule has 2 amide bonds. The topological polar surface area (TPSA) is 66.8 Å². The summed E-state index contributed by atoms with van der Waals surface area (Å²) >= 11 is 0. The Bertz CT molecular complexity index is 1180. The number of pyridine rings is 1. The summed E-state index contributed by atoms with van der Waals surface area (Å²) in [5.41, 5.74) is 4.49. The number of halogens is 1. The third-order valence-electron chi connectivity index (χ3n) is 5.61. The molecule has 1 unspecified atom stereocenters. The monoisotopic (exact) mass is 438 g/mol. The van der Waals surface area contributed by atoms with Crippen molar-refractivity contribution >= 4 is 22.6 Å². The first kappa shape index (κ1) is 22.0. The number of urea groups is 1. The molecule has 0 bridgehead atoms. The number of nitrogens with zero attached hydrogens (tertiary/aromatic N) is 3. The van der Waals surface area contributed by atoms with Gasteiger partial charge in [-0.1, -0.05) is 30.3 Å². The second kappa shape index (κ2) is 9.10. The molecule has 0 radical (unpaired) electrons. The van der Waals surface area contributed by atoms with E-state index in [0.29, 0.717) is 18.7 Å². The van der Waals surface area contributed by atoms with Gasteiger partial charge in [-0.05, 0) is 38.5 Å². The molecule has 1 aliphatic heterocycles. The summed E-state index contributed by atoms with van der Waals surface area (Å²) in [5.74, 6) is -0.640. The third-order valence-corrected chi connectivity index (χ3v) is 5.61. The molecule has 1 aliphatic rings. The van der Waals surface area contributed by atoms with Crippen LogP contribution >= 0.6 is 0 Å². The van der Waals surface area contributed by atoms with Gasteiger partial charge in [0, 0.05) is 30.2 Å². The second-order valence-electron chi connectivity index (χ2n) is 8.05. The Labute approximate surface area is 186 Å². The number of hydrogen-bond acceptors (Lipinski definition) is 4. The number of amides is 2. The fourth-order valence-electron chi connectivity index (χ4n) is 3.96. The minimum atomic E-state index is -0.640. The van der Waals surface area contributed by atoms with E-state index < -0.39 is 12.0 Å². The van der Waals surface area contributed by atoms with Crippen molar-refractivity contribution in [1.29, 1.82) is 0 Å². The van der Waals surface area contributed by atoms with Gasteiger partial charge in [-0.2, -0.15) is 0 Å². The van der Waals surface area contributed by atoms with Gasteiger partial charge in [0.2, 0.25) is 0 Å². The summed E-state index contributed by atoms with van der Waals surface area (Å²) in [6.07, 6.45) is 1.25. The van der Waals surface area contributed by atoms with Crippen molar-refractivity contribution in [2.75, 3.05) is 18.2 Å². The molecule has 0 aliphatic carbocycles. The Morgan fingerprint density at radius 1 is 1.12 bits per heavy atom. The van der Waals surface area contributed by atoms with Crippen molar-refractivity contribution in [3.8, 4) is 0 Å². The molecule has 32 heavy (non-hydrogen) atoms. The molecule has 0 saturated carbocycles. The van der Waals surface area contributed by atoms with Crippen molar-refractivity contribution in [2.24, 2.45) is 0 Å². The van der Waals surface area contributed by atoms with Crippen molar-refractivity contribution < 1.29 is 13.9 Å². The van der Waals surface area contributed by atoms with Gasteiger partial charge in [0.05, 0.1) is 18.7 Å². The minimum absolute atomic E-state index is 0.0601. The zero-order valence-electron chi connectivity index (χ0n) is 18.4. The highest BCUT2D eigenvalue weighted by atomic mass is 19.1. The number of nitrogens with one attached hydrogen (secondary N) is 1. The average molecular weight is 439 g/mol. The van der Waals surface area contributed by atoms with E-state index >= 15 is 4.39 Å².